The standard InChI is InChI=1S/C16H19NO4/c18-15(17(10-16(19)20)12-5-6-12)9-14-13-4-2-1-3-11(13)7-8-21-14/h1-4,12,14H,5-10H2,(H,19,20). The minimum absolute atomic E-state index is 0.104. The van der Waals surface area contributed by atoms with Crippen molar-refractivity contribution in [2.24, 2.45) is 0 Å². The normalized spacial score (nSPS) is 20.7. The third-order valence-corrected chi connectivity index (χ3v) is 4.07. The molecule has 2 aliphatic rings. The van der Waals surface area contributed by atoms with Crippen LogP contribution in [0.3, 0.4) is 0 Å². The van der Waals surface area contributed by atoms with Crippen LogP contribution in [-0.4, -0.2) is 41.1 Å². The number of carboxylic acids is 1. The summed E-state index contributed by atoms with van der Waals surface area (Å²) in [4.78, 5) is 24.8. The maximum Gasteiger partial charge on any atom is 0.323 e. The van der Waals surface area contributed by atoms with Crippen LogP contribution in [0.4, 0.5) is 0 Å². The van der Waals surface area contributed by atoms with Gasteiger partial charge in [0.1, 0.15) is 6.54 Å². The van der Waals surface area contributed by atoms with Gasteiger partial charge < -0.3 is 14.7 Å². The Morgan fingerprint density at radius 1 is 1.29 bits per heavy atom. The van der Waals surface area contributed by atoms with Crippen molar-refractivity contribution >= 4 is 11.9 Å². The first-order valence-electron chi connectivity index (χ1n) is 7.36. The first-order chi connectivity index (χ1) is 10.1. The summed E-state index contributed by atoms with van der Waals surface area (Å²) in [5.41, 5.74) is 2.28. The van der Waals surface area contributed by atoms with Crippen LogP contribution in [0.15, 0.2) is 24.3 Å². The summed E-state index contributed by atoms with van der Waals surface area (Å²) in [6, 6.07) is 8.09. The molecule has 1 atom stereocenters. The molecule has 0 spiro atoms. The summed E-state index contributed by atoms with van der Waals surface area (Å²) in [5.74, 6) is -1.08. The Morgan fingerprint density at radius 2 is 2.05 bits per heavy atom. The van der Waals surface area contributed by atoms with Gasteiger partial charge in [-0.25, -0.2) is 0 Å². The van der Waals surface area contributed by atoms with Crippen LogP contribution in [0.1, 0.15) is 36.5 Å². The van der Waals surface area contributed by atoms with Crippen LogP contribution in [-0.2, 0) is 20.7 Å². The van der Waals surface area contributed by atoms with Gasteiger partial charge in [-0.3, -0.25) is 9.59 Å². The number of ether oxygens (including phenoxy) is 1. The fraction of sp³-hybridized carbons (Fsp3) is 0.500. The molecule has 5 heteroatoms. The molecular formula is C16H19NO4. The number of benzene rings is 1. The predicted molar refractivity (Wildman–Crippen MR) is 75.8 cm³/mol. The Morgan fingerprint density at radius 3 is 2.76 bits per heavy atom. The highest BCUT2D eigenvalue weighted by Crippen LogP contribution is 2.32. The highest BCUT2D eigenvalue weighted by atomic mass is 16.5. The molecule has 1 unspecified atom stereocenters. The lowest BCUT2D eigenvalue weighted by Gasteiger charge is -2.28. The Bertz CT molecular complexity index is 553. The topological polar surface area (TPSA) is 66.8 Å². The summed E-state index contributed by atoms with van der Waals surface area (Å²) in [6.45, 7) is 0.398. The number of aliphatic carboxylic acids is 1. The lowest BCUT2D eigenvalue weighted by Crippen LogP contribution is -2.38. The average Bonchev–Trinajstić information content (AvgIpc) is 3.29. The Hall–Kier alpha value is -1.88. The molecule has 1 fully saturated rings. The zero-order valence-electron chi connectivity index (χ0n) is 11.8. The second-order valence-corrected chi connectivity index (χ2v) is 5.66. The number of carbonyl (C=O) groups excluding carboxylic acids is 1. The number of carboxylic acid groups (broad SMARTS) is 1. The van der Waals surface area contributed by atoms with E-state index < -0.39 is 5.97 Å². The van der Waals surface area contributed by atoms with Crippen molar-refractivity contribution in [2.45, 2.75) is 37.8 Å². The second kappa shape index (κ2) is 5.85. The van der Waals surface area contributed by atoms with Crippen LogP contribution in [0, 0.1) is 0 Å². The van der Waals surface area contributed by atoms with Crippen molar-refractivity contribution in [3.8, 4) is 0 Å². The van der Waals surface area contributed by atoms with Crippen molar-refractivity contribution in [3.05, 3.63) is 35.4 Å². The summed E-state index contributed by atoms with van der Waals surface area (Å²) < 4.78 is 5.74. The van der Waals surface area contributed by atoms with E-state index in [0.717, 1.165) is 24.8 Å². The van der Waals surface area contributed by atoms with Gasteiger partial charge in [-0.15, -0.1) is 0 Å². The molecule has 1 amide bonds. The lowest BCUT2D eigenvalue weighted by molar-refractivity contribution is -0.146. The van der Waals surface area contributed by atoms with E-state index >= 15 is 0 Å². The highest BCUT2D eigenvalue weighted by Gasteiger charge is 2.35. The number of hydrogen-bond acceptors (Lipinski definition) is 3. The van der Waals surface area contributed by atoms with E-state index in [1.54, 1.807) is 0 Å². The first-order valence-corrected chi connectivity index (χ1v) is 7.36. The minimum atomic E-state index is -0.958. The summed E-state index contributed by atoms with van der Waals surface area (Å²) in [5, 5.41) is 8.95. The van der Waals surface area contributed by atoms with Crippen molar-refractivity contribution in [1.82, 2.24) is 4.90 Å². The van der Waals surface area contributed by atoms with E-state index in [1.807, 2.05) is 18.2 Å². The number of nitrogens with zero attached hydrogens (tertiary/aromatic N) is 1. The van der Waals surface area contributed by atoms with Crippen molar-refractivity contribution in [3.63, 3.8) is 0 Å². The van der Waals surface area contributed by atoms with Gasteiger partial charge in [0.25, 0.3) is 0 Å². The molecular weight excluding hydrogens is 270 g/mol. The summed E-state index contributed by atoms with van der Waals surface area (Å²) in [7, 11) is 0. The molecule has 1 N–H and O–H groups in total. The van der Waals surface area contributed by atoms with E-state index in [0.29, 0.717) is 6.61 Å². The maximum atomic E-state index is 12.4. The molecule has 1 aliphatic heterocycles. The van der Waals surface area contributed by atoms with Gasteiger partial charge in [-0.05, 0) is 30.4 Å². The van der Waals surface area contributed by atoms with Gasteiger partial charge in [0.05, 0.1) is 19.1 Å². The molecule has 112 valence electrons. The summed E-state index contributed by atoms with van der Waals surface area (Å²) in [6.07, 6.45) is 2.64. The number of carbonyl (C=O) groups is 2. The van der Waals surface area contributed by atoms with E-state index in [1.165, 1.54) is 10.5 Å². The van der Waals surface area contributed by atoms with Gasteiger partial charge >= 0.3 is 5.97 Å². The molecule has 1 aromatic carbocycles. The largest absolute Gasteiger partial charge is 0.480 e. The van der Waals surface area contributed by atoms with E-state index in [4.69, 9.17) is 9.84 Å². The molecule has 1 aromatic rings. The highest BCUT2D eigenvalue weighted by molar-refractivity contribution is 5.82. The molecule has 5 nitrogen and oxygen atoms in total. The number of fused-ring (bicyclic) bond motifs is 1. The molecule has 1 saturated carbocycles. The zero-order valence-corrected chi connectivity index (χ0v) is 11.8. The number of amides is 1. The first kappa shape index (κ1) is 14.1. The lowest BCUT2D eigenvalue weighted by atomic mass is 9.95. The van der Waals surface area contributed by atoms with Crippen LogP contribution >= 0.6 is 0 Å². The Labute approximate surface area is 123 Å². The fourth-order valence-electron chi connectivity index (χ4n) is 2.87. The average molecular weight is 289 g/mol. The van der Waals surface area contributed by atoms with Crippen LogP contribution in [0.5, 0.6) is 0 Å². The van der Waals surface area contributed by atoms with Gasteiger partial charge in [-0.2, -0.15) is 0 Å². The van der Waals surface area contributed by atoms with E-state index in [-0.39, 0.29) is 31.0 Å². The molecule has 21 heavy (non-hydrogen) atoms. The van der Waals surface area contributed by atoms with Gasteiger partial charge in [0, 0.05) is 6.04 Å². The number of rotatable bonds is 5. The van der Waals surface area contributed by atoms with Crippen molar-refractivity contribution < 1.29 is 19.4 Å². The second-order valence-electron chi connectivity index (χ2n) is 5.66. The minimum Gasteiger partial charge on any atom is -0.480 e. The van der Waals surface area contributed by atoms with Crippen LogP contribution < -0.4 is 0 Å². The molecule has 1 heterocycles. The van der Waals surface area contributed by atoms with E-state index in [2.05, 4.69) is 6.07 Å². The predicted octanol–water partition coefficient (Wildman–Crippen LogP) is 1.77. The fourth-order valence-corrected chi connectivity index (χ4v) is 2.87. The quantitative estimate of drug-likeness (QED) is 0.897. The van der Waals surface area contributed by atoms with Crippen molar-refractivity contribution in [2.75, 3.05) is 13.2 Å². The maximum absolute atomic E-state index is 12.4. The third-order valence-electron chi connectivity index (χ3n) is 4.07. The van der Waals surface area contributed by atoms with Gasteiger partial charge in [0.2, 0.25) is 5.91 Å². The third kappa shape index (κ3) is 3.24. The molecule has 0 saturated heterocycles. The van der Waals surface area contributed by atoms with Crippen molar-refractivity contribution in [1.29, 1.82) is 0 Å². The molecule has 1 aliphatic carbocycles. The molecule has 0 radical (unpaired) electrons. The van der Waals surface area contributed by atoms with E-state index in [9.17, 15) is 9.59 Å². The molecule has 0 bridgehead atoms. The molecule has 0 aromatic heterocycles. The van der Waals surface area contributed by atoms with Gasteiger partial charge in [0.15, 0.2) is 0 Å². The van der Waals surface area contributed by atoms with Gasteiger partial charge in [-0.1, -0.05) is 24.3 Å². The summed E-state index contributed by atoms with van der Waals surface area (Å²) >= 11 is 0. The molecule has 3 rings (SSSR count). The van der Waals surface area contributed by atoms with Crippen LogP contribution in [0.25, 0.3) is 0 Å². The number of hydrogen-bond donors (Lipinski definition) is 1. The SMILES string of the molecule is O=C(O)CN(C(=O)CC1OCCc2ccccc21)C1CC1. The van der Waals surface area contributed by atoms with Crippen LogP contribution in [0.2, 0.25) is 0 Å². The monoisotopic (exact) mass is 289 g/mol. The Kier molecular flexibility index (Phi) is 3.92. The smallest absolute Gasteiger partial charge is 0.323 e. The zero-order chi connectivity index (χ0) is 14.8. The Balaban J connectivity index is 1.71.